The molecule has 7 nitrogen and oxygen atoms in total. The second-order valence-electron chi connectivity index (χ2n) is 4.95. The van der Waals surface area contributed by atoms with Crippen molar-refractivity contribution in [1.82, 2.24) is 9.62 Å². The summed E-state index contributed by atoms with van der Waals surface area (Å²) in [6, 6.07) is 3.12. The lowest BCUT2D eigenvalue weighted by atomic mass is 10.1. The van der Waals surface area contributed by atoms with Crippen molar-refractivity contribution < 1.29 is 22.4 Å². The number of carbonyl (C=O) groups excluding carboxylic acids is 1. The lowest BCUT2D eigenvalue weighted by molar-refractivity contribution is 0.0584. The van der Waals surface area contributed by atoms with Gasteiger partial charge >= 0.3 is 0 Å². The summed E-state index contributed by atoms with van der Waals surface area (Å²) in [5.41, 5.74) is 0. The number of hydrogen-bond donors (Lipinski definition) is 1. The van der Waals surface area contributed by atoms with Crippen LogP contribution in [0.1, 0.15) is 23.4 Å². The minimum atomic E-state index is -3.31. The van der Waals surface area contributed by atoms with Gasteiger partial charge in [-0.25, -0.2) is 8.42 Å². The molecule has 1 aliphatic heterocycles. The van der Waals surface area contributed by atoms with Crippen LogP contribution in [0, 0.1) is 0 Å². The first-order chi connectivity index (χ1) is 9.98. The summed E-state index contributed by atoms with van der Waals surface area (Å²) >= 11 is 0. The van der Waals surface area contributed by atoms with Crippen molar-refractivity contribution in [2.75, 3.05) is 32.6 Å². The summed E-state index contributed by atoms with van der Waals surface area (Å²) in [7, 11) is -3.31. The highest BCUT2D eigenvalue weighted by atomic mass is 32.2. The molecule has 0 spiro atoms. The number of nitrogens with zero attached hydrogens (tertiary/aromatic N) is 1. The number of rotatable bonds is 6. The highest BCUT2D eigenvalue weighted by molar-refractivity contribution is 7.88. The van der Waals surface area contributed by atoms with Gasteiger partial charge in [-0.05, 0) is 25.0 Å². The average Bonchev–Trinajstić information content (AvgIpc) is 2.97. The van der Waals surface area contributed by atoms with Crippen molar-refractivity contribution in [1.29, 1.82) is 0 Å². The molecule has 0 saturated carbocycles. The molecule has 1 fully saturated rings. The highest BCUT2D eigenvalue weighted by Crippen LogP contribution is 2.16. The van der Waals surface area contributed by atoms with Crippen LogP contribution in [0.3, 0.4) is 0 Å². The van der Waals surface area contributed by atoms with Crippen molar-refractivity contribution in [3.8, 4) is 0 Å². The molecule has 2 heterocycles. The van der Waals surface area contributed by atoms with Gasteiger partial charge in [-0.3, -0.25) is 4.79 Å². The fourth-order valence-corrected chi connectivity index (χ4v) is 3.54. The third-order valence-electron chi connectivity index (χ3n) is 3.39. The quantitative estimate of drug-likeness (QED) is 0.823. The molecule has 0 aromatic carbocycles. The van der Waals surface area contributed by atoms with Gasteiger partial charge in [-0.2, -0.15) is 4.31 Å². The molecule has 8 heteroatoms. The van der Waals surface area contributed by atoms with Crippen LogP contribution in [0.2, 0.25) is 0 Å². The molecule has 0 aliphatic carbocycles. The van der Waals surface area contributed by atoms with Crippen molar-refractivity contribution >= 4 is 15.9 Å². The molecule has 1 N–H and O–H groups in total. The van der Waals surface area contributed by atoms with Crippen LogP contribution in [0.25, 0.3) is 0 Å². The SMILES string of the molecule is CS(=O)(=O)N(CCNC(=O)c1ccco1)C1CCOCC1. The van der Waals surface area contributed by atoms with E-state index in [2.05, 4.69) is 5.32 Å². The van der Waals surface area contributed by atoms with E-state index in [0.717, 1.165) is 0 Å². The monoisotopic (exact) mass is 316 g/mol. The largest absolute Gasteiger partial charge is 0.459 e. The highest BCUT2D eigenvalue weighted by Gasteiger charge is 2.28. The second-order valence-corrected chi connectivity index (χ2v) is 6.89. The molecular formula is C13H20N2O5S. The Hall–Kier alpha value is -1.38. The molecule has 2 rings (SSSR count). The fourth-order valence-electron chi connectivity index (χ4n) is 2.37. The Morgan fingerprint density at radius 3 is 2.71 bits per heavy atom. The van der Waals surface area contributed by atoms with E-state index in [1.165, 1.54) is 16.8 Å². The smallest absolute Gasteiger partial charge is 0.287 e. The molecule has 1 aliphatic rings. The Labute approximate surface area is 124 Å². The van der Waals surface area contributed by atoms with Gasteiger partial charge in [0.25, 0.3) is 5.91 Å². The van der Waals surface area contributed by atoms with Crippen LogP contribution >= 0.6 is 0 Å². The summed E-state index contributed by atoms with van der Waals surface area (Å²) in [5, 5.41) is 2.66. The van der Waals surface area contributed by atoms with E-state index in [4.69, 9.17) is 9.15 Å². The Morgan fingerprint density at radius 2 is 2.14 bits per heavy atom. The van der Waals surface area contributed by atoms with Gasteiger partial charge < -0.3 is 14.5 Å². The maximum Gasteiger partial charge on any atom is 0.287 e. The third-order valence-corrected chi connectivity index (χ3v) is 4.72. The summed E-state index contributed by atoms with van der Waals surface area (Å²) in [4.78, 5) is 11.7. The van der Waals surface area contributed by atoms with E-state index in [9.17, 15) is 13.2 Å². The predicted octanol–water partition coefficient (Wildman–Crippen LogP) is 0.450. The Morgan fingerprint density at radius 1 is 1.43 bits per heavy atom. The first-order valence-electron chi connectivity index (χ1n) is 6.85. The van der Waals surface area contributed by atoms with Crippen LogP contribution < -0.4 is 5.32 Å². The minimum absolute atomic E-state index is 0.0609. The number of furan rings is 1. The van der Waals surface area contributed by atoms with Gasteiger partial charge in [0.05, 0.1) is 12.5 Å². The lowest BCUT2D eigenvalue weighted by Crippen LogP contribution is -2.46. The van der Waals surface area contributed by atoms with Crippen LogP contribution in [-0.4, -0.2) is 57.2 Å². The van der Waals surface area contributed by atoms with Gasteiger partial charge in [-0.15, -0.1) is 0 Å². The Balaban J connectivity index is 1.89. The maximum absolute atomic E-state index is 11.9. The first kappa shape index (κ1) is 16.0. The molecule has 118 valence electrons. The van der Waals surface area contributed by atoms with E-state index >= 15 is 0 Å². The molecule has 0 radical (unpaired) electrons. The topological polar surface area (TPSA) is 88.9 Å². The normalized spacial score (nSPS) is 17.0. The molecule has 0 bridgehead atoms. The lowest BCUT2D eigenvalue weighted by Gasteiger charge is -2.32. The summed E-state index contributed by atoms with van der Waals surface area (Å²) in [5.74, 6) is -0.132. The van der Waals surface area contributed by atoms with Gasteiger partial charge in [0.1, 0.15) is 0 Å². The summed E-state index contributed by atoms with van der Waals surface area (Å²) < 4.78 is 35.4. The number of nitrogens with one attached hydrogen (secondary N) is 1. The Kier molecular flexibility index (Phi) is 5.38. The second kappa shape index (κ2) is 7.06. The van der Waals surface area contributed by atoms with Crippen LogP contribution in [0.15, 0.2) is 22.8 Å². The van der Waals surface area contributed by atoms with Crippen molar-refractivity contribution in [2.24, 2.45) is 0 Å². The molecule has 1 saturated heterocycles. The van der Waals surface area contributed by atoms with E-state index < -0.39 is 10.0 Å². The van der Waals surface area contributed by atoms with E-state index in [1.807, 2.05) is 0 Å². The zero-order valence-electron chi connectivity index (χ0n) is 11.9. The van der Waals surface area contributed by atoms with Crippen LogP contribution in [0.5, 0.6) is 0 Å². The number of ether oxygens (including phenoxy) is 1. The zero-order chi connectivity index (χ0) is 15.3. The number of carbonyl (C=O) groups is 1. The van der Waals surface area contributed by atoms with Crippen LogP contribution in [0.4, 0.5) is 0 Å². The van der Waals surface area contributed by atoms with Crippen molar-refractivity contribution in [2.45, 2.75) is 18.9 Å². The molecule has 0 atom stereocenters. The van der Waals surface area contributed by atoms with E-state index in [0.29, 0.717) is 26.1 Å². The number of hydrogen-bond acceptors (Lipinski definition) is 5. The van der Waals surface area contributed by atoms with E-state index in [-0.39, 0.29) is 30.8 Å². The van der Waals surface area contributed by atoms with Crippen molar-refractivity contribution in [3.63, 3.8) is 0 Å². The number of sulfonamides is 1. The first-order valence-corrected chi connectivity index (χ1v) is 8.69. The summed E-state index contributed by atoms with van der Waals surface area (Å²) in [6.45, 7) is 1.62. The van der Waals surface area contributed by atoms with Gasteiger partial charge in [-0.1, -0.05) is 0 Å². The van der Waals surface area contributed by atoms with Gasteiger partial charge in [0.15, 0.2) is 5.76 Å². The zero-order valence-corrected chi connectivity index (χ0v) is 12.8. The molecular weight excluding hydrogens is 296 g/mol. The third kappa shape index (κ3) is 4.55. The molecule has 1 amide bonds. The predicted molar refractivity (Wildman–Crippen MR) is 76.4 cm³/mol. The summed E-state index contributed by atoms with van der Waals surface area (Å²) in [6.07, 6.45) is 3.97. The van der Waals surface area contributed by atoms with Gasteiger partial charge in [0, 0.05) is 32.3 Å². The van der Waals surface area contributed by atoms with Gasteiger partial charge in [0.2, 0.25) is 10.0 Å². The molecule has 0 unspecified atom stereocenters. The Bertz CT molecular complexity index is 549. The average molecular weight is 316 g/mol. The number of amides is 1. The van der Waals surface area contributed by atoms with Crippen LogP contribution in [-0.2, 0) is 14.8 Å². The maximum atomic E-state index is 11.9. The van der Waals surface area contributed by atoms with Crippen molar-refractivity contribution in [3.05, 3.63) is 24.2 Å². The standard InChI is InChI=1S/C13H20N2O5S/c1-21(17,18)15(11-4-9-19-10-5-11)7-6-14-13(16)12-3-2-8-20-12/h2-3,8,11H,4-7,9-10H2,1H3,(H,14,16). The fraction of sp³-hybridized carbons (Fsp3) is 0.615. The molecule has 1 aromatic heterocycles. The molecule has 21 heavy (non-hydrogen) atoms. The molecule has 1 aromatic rings. The van der Waals surface area contributed by atoms with E-state index in [1.54, 1.807) is 12.1 Å². The minimum Gasteiger partial charge on any atom is -0.459 e.